The lowest BCUT2D eigenvalue weighted by Crippen LogP contribution is -2.65. The Balaban J connectivity index is 1.30. The van der Waals surface area contributed by atoms with E-state index in [1.165, 1.54) is 43.2 Å². The third kappa shape index (κ3) is 5.86. The van der Waals surface area contributed by atoms with Gasteiger partial charge in [-0.2, -0.15) is 0 Å². The van der Waals surface area contributed by atoms with Crippen molar-refractivity contribution in [2.24, 2.45) is 23.7 Å². The van der Waals surface area contributed by atoms with Gasteiger partial charge in [-0.05, 0) is 54.7 Å². The molecular weight excluding hydrogens is 486 g/mol. The van der Waals surface area contributed by atoms with E-state index in [9.17, 15) is 13.6 Å². The molecule has 3 aliphatic rings. The smallest absolute Gasteiger partial charge is 0.212 e. The first-order chi connectivity index (χ1) is 18.5. The van der Waals surface area contributed by atoms with Gasteiger partial charge in [0.05, 0.1) is 13.3 Å². The Hall–Kier alpha value is -2.58. The second kappa shape index (κ2) is 12.1. The Bertz CT molecular complexity index is 1080. The number of hydrogen-bond donors (Lipinski definition) is 0. The highest BCUT2D eigenvalue weighted by atomic mass is 19.2. The van der Waals surface area contributed by atoms with Gasteiger partial charge >= 0.3 is 0 Å². The molecule has 5 unspecified atom stereocenters. The van der Waals surface area contributed by atoms with Crippen molar-refractivity contribution >= 4 is 12.0 Å². The van der Waals surface area contributed by atoms with E-state index in [0.717, 1.165) is 52.1 Å². The van der Waals surface area contributed by atoms with Gasteiger partial charge in [-0.1, -0.05) is 25.8 Å². The van der Waals surface area contributed by atoms with Crippen molar-refractivity contribution < 1.29 is 18.3 Å². The fourth-order valence-electron chi connectivity index (χ4n) is 7.12. The van der Waals surface area contributed by atoms with Crippen LogP contribution in [0.1, 0.15) is 38.2 Å². The number of likely N-dealkylation sites (tertiary alicyclic amines) is 1. The van der Waals surface area contributed by atoms with Crippen LogP contribution in [-0.4, -0.2) is 73.6 Å². The Morgan fingerprint density at radius 2 is 1.87 bits per heavy atom. The monoisotopic (exact) mass is 526 g/mol. The summed E-state index contributed by atoms with van der Waals surface area (Å²) in [4.78, 5) is 24.2. The molecule has 3 fully saturated rings. The fraction of sp³-hybridized carbons (Fsp3) is 0.600. The average Bonchev–Trinajstić information content (AvgIpc) is 2.94. The van der Waals surface area contributed by atoms with Crippen LogP contribution >= 0.6 is 0 Å². The minimum absolute atomic E-state index is 0.00119. The molecular formula is C30H40F2N4O2. The average molecular weight is 527 g/mol. The predicted molar refractivity (Wildman–Crippen MR) is 144 cm³/mol. The van der Waals surface area contributed by atoms with E-state index in [0.29, 0.717) is 29.3 Å². The van der Waals surface area contributed by atoms with Crippen molar-refractivity contribution in [3.05, 3.63) is 53.7 Å². The lowest BCUT2D eigenvalue weighted by atomic mass is 9.68. The molecule has 6 nitrogen and oxygen atoms in total. The Kier molecular flexibility index (Phi) is 8.58. The number of hydrogen-bond acceptors (Lipinski definition) is 6. The number of fused-ring (bicyclic) bond motifs is 1. The molecule has 206 valence electrons. The van der Waals surface area contributed by atoms with Crippen molar-refractivity contribution in [2.75, 3.05) is 51.3 Å². The van der Waals surface area contributed by atoms with Gasteiger partial charge in [0.2, 0.25) is 5.88 Å². The Morgan fingerprint density at radius 3 is 2.55 bits per heavy atom. The summed E-state index contributed by atoms with van der Waals surface area (Å²) < 4.78 is 32.5. The summed E-state index contributed by atoms with van der Waals surface area (Å²) in [5.74, 6) is 0.426. The van der Waals surface area contributed by atoms with Crippen molar-refractivity contribution in [3.8, 4) is 5.88 Å². The number of rotatable bonds is 8. The molecule has 1 aromatic carbocycles. The summed E-state index contributed by atoms with van der Waals surface area (Å²) in [5, 5.41) is 0. The highest BCUT2D eigenvalue weighted by Crippen LogP contribution is 2.43. The van der Waals surface area contributed by atoms with Crippen molar-refractivity contribution in [2.45, 2.75) is 45.2 Å². The summed E-state index contributed by atoms with van der Waals surface area (Å²) in [5.41, 5.74) is 1.90. The molecule has 1 saturated carbocycles. The Morgan fingerprint density at radius 1 is 1.08 bits per heavy atom. The zero-order valence-corrected chi connectivity index (χ0v) is 22.6. The number of carbonyl (C=O) groups excluding carboxylic acids is 1. The van der Waals surface area contributed by atoms with Gasteiger partial charge in [0.1, 0.15) is 6.29 Å². The number of piperazine rings is 1. The first-order valence-electron chi connectivity index (χ1n) is 14.1. The number of pyridine rings is 1. The van der Waals surface area contributed by atoms with Crippen LogP contribution in [0.5, 0.6) is 5.88 Å². The maximum absolute atomic E-state index is 13.9. The first kappa shape index (κ1) is 27.0. The standard InChI is InChI=1S/C30H40F2N4O2/c1-21(15-22-7-10-29(38-2)33-17-22)18-36-19-23-5-3-4-6-25(23)26(20-37)30(36)35-13-11-34(12-14-35)24-8-9-27(31)28(32)16-24/h7-10,16-17,20-21,23,25-26,30H,3-6,11-15,18-19H2,1-2H3. The summed E-state index contributed by atoms with van der Waals surface area (Å²) in [6.45, 7) is 7.27. The molecule has 1 aliphatic carbocycles. The van der Waals surface area contributed by atoms with Crippen LogP contribution in [0.25, 0.3) is 0 Å². The van der Waals surface area contributed by atoms with E-state index in [1.807, 2.05) is 12.3 Å². The van der Waals surface area contributed by atoms with E-state index in [2.05, 4.69) is 32.7 Å². The number of ether oxygens (including phenoxy) is 1. The van der Waals surface area contributed by atoms with Gasteiger partial charge in [-0.25, -0.2) is 13.8 Å². The van der Waals surface area contributed by atoms with Crippen LogP contribution in [0.3, 0.4) is 0 Å². The predicted octanol–water partition coefficient (Wildman–Crippen LogP) is 4.63. The highest BCUT2D eigenvalue weighted by molar-refractivity contribution is 5.56. The molecule has 0 amide bonds. The maximum Gasteiger partial charge on any atom is 0.212 e. The summed E-state index contributed by atoms with van der Waals surface area (Å²) in [6, 6.07) is 8.13. The number of anilines is 1. The zero-order chi connectivity index (χ0) is 26.6. The van der Waals surface area contributed by atoms with Crippen molar-refractivity contribution in [3.63, 3.8) is 0 Å². The zero-order valence-electron chi connectivity index (χ0n) is 22.6. The van der Waals surface area contributed by atoms with Gasteiger partial charge in [0.15, 0.2) is 11.6 Å². The molecule has 2 aliphatic heterocycles. The van der Waals surface area contributed by atoms with Gasteiger partial charge in [-0.15, -0.1) is 0 Å². The van der Waals surface area contributed by atoms with Crippen LogP contribution in [-0.2, 0) is 11.2 Å². The van der Waals surface area contributed by atoms with Crippen LogP contribution in [0.15, 0.2) is 36.5 Å². The van der Waals surface area contributed by atoms with Crippen LogP contribution in [0.2, 0.25) is 0 Å². The molecule has 0 radical (unpaired) electrons. The lowest BCUT2D eigenvalue weighted by molar-refractivity contribution is -0.133. The largest absolute Gasteiger partial charge is 0.481 e. The molecule has 0 N–H and O–H groups in total. The fourth-order valence-corrected chi connectivity index (χ4v) is 7.12. The number of piperidine rings is 1. The second-order valence-electron chi connectivity index (χ2n) is 11.4. The molecule has 3 heterocycles. The highest BCUT2D eigenvalue weighted by Gasteiger charge is 2.47. The normalized spacial score (nSPS) is 27.5. The summed E-state index contributed by atoms with van der Waals surface area (Å²) in [7, 11) is 1.63. The van der Waals surface area contributed by atoms with Gasteiger partial charge in [-0.3, -0.25) is 9.80 Å². The third-order valence-electron chi connectivity index (χ3n) is 8.90. The molecule has 8 heteroatoms. The second-order valence-corrected chi connectivity index (χ2v) is 11.4. The number of nitrogens with zero attached hydrogens (tertiary/aromatic N) is 4. The topological polar surface area (TPSA) is 48.9 Å². The molecule has 0 bridgehead atoms. The van der Waals surface area contributed by atoms with E-state index in [1.54, 1.807) is 13.2 Å². The van der Waals surface area contributed by atoms with Crippen molar-refractivity contribution in [1.29, 1.82) is 0 Å². The van der Waals surface area contributed by atoms with Gasteiger partial charge < -0.3 is 14.4 Å². The van der Waals surface area contributed by atoms with Crippen molar-refractivity contribution in [1.82, 2.24) is 14.8 Å². The molecule has 2 saturated heterocycles. The molecule has 38 heavy (non-hydrogen) atoms. The third-order valence-corrected chi connectivity index (χ3v) is 8.90. The van der Waals surface area contributed by atoms with E-state index >= 15 is 0 Å². The first-order valence-corrected chi connectivity index (χ1v) is 14.1. The molecule has 5 atom stereocenters. The molecule has 2 aromatic rings. The molecule has 5 rings (SSSR count). The van der Waals surface area contributed by atoms with Crippen LogP contribution in [0, 0.1) is 35.3 Å². The minimum Gasteiger partial charge on any atom is -0.481 e. The number of methoxy groups -OCH3 is 1. The van der Waals surface area contributed by atoms with E-state index in [4.69, 9.17) is 4.74 Å². The number of aldehydes is 1. The maximum atomic E-state index is 13.9. The van der Waals surface area contributed by atoms with Crippen LogP contribution in [0.4, 0.5) is 14.5 Å². The molecule has 1 aromatic heterocycles. The minimum atomic E-state index is -0.819. The van der Waals surface area contributed by atoms with Crippen LogP contribution < -0.4 is 9.64 Å². The number of carbonyl (C=O) groups is 1. The number of halogens is 2. The van der Waals surface area contributed by atoms with E-state index < -0.39 is 11.6 Å². The number of aromatic nitrogens is 1. The quantitative estimate of drug-likeness (QED) is 0.468. The van der Waals surface area contributed by atoms with Gasteiger partial charge in [0.25, 0.3) is 0 Å². The SMILES string of the molecule is COc1ccc(CC(C)CN2CC3CCCCC3C(C=O)C2N2CCN(c3ccc(F)c(F)c3)CC2)cn1. The lowest BCUT2D eigenvalue weighted by Gasteiger charge is -2.55. The van der Waals surface area contributed by atoms with E-state index in [-0.39, 0.29) is 12.1 Å². The van der Waals surface area contributed by atoms with Gasteiger partial charge in [0, 0.05) is 69.2 Å². The number of benzene rings is 1. The summed E-state index contributed by atoms with van der Waals surface area (Å²) >= 11 is 0. The Labute approximate surface area is 225 Å². The molecule has 0 spiro atoms. The summed E-state index contributed by atoms with van der Waals surface area (Å²) in [6.07, 6.45) is 8.94.